The second-order valence-electron chi connectivity index (χ2n) is 6.95. The van der Waals surface area contributed by atoms with Crippen LogP contribution >= 0.6 is 0 Å². The number of hydrogen-bond donors (Lipinski definition) is 1. The van der Waals surface area contributed by atoms with Gasteiger partial charge in [0.15, 0.2) is 0 Å². The first-order valence-electron chi connectivity index (χ1n) is 7.45. The lowest BCUT2D eigenvalue weighted by molar-refractivity contribution is -0.130. The molecule has 0 radical (unpaired) electrons. The summed E-state index contributed by atoms with van der Waals surface area (Å²) in [6.07, 6.45) is 3.03. The van der Waals surface area contributed by atoms with Crippen molar-refractivity contribution in [3.05, 3.63) is 0 Å². The lowest BCUT2D eigenvalue weighted by Crippen LogP contribution is -2.41. The average Bonchev–Trinajstić information content (AvgIpc) is 2.30. The summed E-state index contributed by atoms with van der Waals surface area (Å²) in [4.78, 5) is 16.3. The van der Waals surface area contributed by atoms with E-state index in [0.717, 1.165) is 26.2 Å². The van der Waals surface area contributed by atoms with Gasteiger partial charge < -0.3 is 15.1 Å². The van der Waals surface area contributed by atoms with Crippen LogP contribution in [0.15, 0.2) is 0 Å². The lowest BCUT2D eigenvalue weighted by Gasteiger charge is -2.31. The predicted molar refractivity (Wildman–Crippen MR) is 80.2 cm³/mol. The van der Waals surface area contributed by atoms with Crippen LogP contribution in [0.4, 0.5) is 0 Å². The van der Waals surface area contributed by atoms with Crippen LogP contribution in [0.1, 0.15) is 40.0 Å². The molecule has 1 fully saturated rings. The van der Waals surface area contributed by atoms with Crippen molar-refractivity contribution in [2.75, 3.05) is 40.3 Å². The topological polar surface area (TPSA) is 35.6 Å². The average molecular weight is 269 g/mol. The highest BCUT2D eigenvalue weighted by Gasteiger charge is 2.20. The molecule has 1 amide bonds. The zero-order valence-electron chi connectivity index (χ0n) is 13.3. The van der Waals surface area contributed by atoms with Gasteiger partial charge in [-0.25, -0.2) is 0 Å². The monoisotopic (exact) mass is 269 g/mol. The number of nitrogens with zero attached hydrogens (tertiary/aromatic N) is 2. The van der Waals surface area contributed by atoms with Crippen LogP contribution in [-0.4, -0.2) is 61.5 Å². The maximum atomic E-state index is 12.0. The molecule has 0 atom stereocenters. The summed E-state index contributed by atoms with van der Waals surface area (Å²) in [5, 5.41) is 3.36. The fourth-order valence-electron chi connectivity index (χ4n) is 2.47. The van der Waals surface area contributed by atoms with E-state index < -0.39 is 0 Å². The molecule has 1 aliphatic heterocycles. The summed E-state index contributed by atoms with van der Waals surface area (Å²) in [5.41, 5.74) is 0.0901. The SMILES string of the molecule is CN1CCC(CN(C)C(=O)CCNC(C)(C)C)CC1. The van der Waals surface area contributed by atoms with Crippen molar-refractivity contribution in [2.24, 2.45) is 5.92 Å². The number of carbonyl (C=O) groups excluding carboxylic acids is 1. The number of nitrogens with one attached hydrogen (secondary N) is 1. The minimum atomic E-state index is 0.0901. The Kier molecular flexibility index (Phi) is 6.27. The van der Waals surface area contributed by atoms with Gasteiger partial charge in [-0.2, -0.15) is 0 Å². The Hall–Kier alpha value is -0.610. The summed E-state index contributed by atoms with van der Waals surface area (Å²) in [7, 11) is 4.11. The molecule has 0 bridgehead atoms. The highest BCUT2D eigenvalue weighted by molar-refractivity contribution is 5.76. The first-order chi connectivity index (χ1) is 8.78. The zero-order valence-corrected chi connectivity index (χ0v) is 13.3. The van der Waals surface area contributed by atoms with Crippen LogP contribution in [0, 0.1) is 5.92 Å². The largest absolute Gasteiger partial charge is 0.345 e. The second kappa shape index (κ2) is 7.25. The van der Waals surface area contributed by atoms with E-state index in [-0.39, 0.29) is 11.4 Å². The van der Waals surface area contributed by atoms with Gasteiger partial charge in [0.1, 0.15) is 0 Å². The van der Waals surface area contributed by atoms with E-state index in [2.05, 4.69) is 38.0 Å². The first-order valence-corrected chi connectivity index (χ1v) is 7.45. The normalized spacial score (nSPS) is 18.6. The van der Waals surface area contributed by atoms with E-state index >= 15 is 0 Å². The zero-order chi connectivity index (χ0) is 14.5. The summed E-state index contributed by atoms with van der Waals surface area (Å²) < 4.78 is 0. The van der Waals surface area contributed by atoms with Gasteiger partial charge >= 0.3 is 0 Å². The molecule has 112 valence electrons. The molecular weight excluding hydrogens is 238 g/mol. The number of carbonyl (C=O) groups is 1. The minimum Gasteiger partial charge on any atom is -0.345 e. The van der Waals surface area contributed by atoms with Gasteiger partial charge in [0.05, 0.1) is 0 Å². The molecule has 1 rings (SSSR count). The van der Waals surface area contributed by atoms with Gasteiger partial charge in [-0.3, -0.25) is 4.79 Å². The highest BCUT2D eigenvalue weighted by Crippen LogP contribution is 2.17. The van der Waals surface area contributed by atoms with E-state index in [9.17, 15) is 4.79 Å². The van der Waals surface area contributed by atoms with Crippen molar-refractivity contribution in [1.82, 2.24) is 15.1 Å². The molecule has 1 N–H and O–H groups in total. The van der Waals surface area contributed by atoms with E-state index in [1.54, 1.807) is 0 Å². The van der Waals surface area contributed by atoms with E-state index in [4.69, 9.17) is 0 Å². The van der Waals surface area contributed by atoms with Crippen molar-refractivity contribution < 1.29 is 4.79 Å². The van der Waals surface area contributed by atoms with E-state index in [0.29, 0.717) is 12.3 Å². The van der Waals surface area contributed by atoms with Crippen LogP contribution in [-0.2, 0) is 4.79 Å². The maximum absolute atomic E-state index is 12.0. The standard InChI is InChI=1S/C15H31N3O/c1-15(2,3)16-9-6-14(19)18(5)12-13-7-10-17(4)11-8-13/h13,16H,6-12H2,1-5H3. The third kappa shape index (κ3) is 6.92. The third-order valence-corrected chi connectivity index (χ3v) is 3.79. The Morgan fingerprint density at radius 1 is 1.32 bits per heavy atom. The van der Waals surface area contributed by atoms with Crippen LogP contribution in [0.5, 0.6) is 0 Å². The van der Waals surface area contributed by atoms with Crippen LogP contribution < -0.4 is 5.32 Å². The molecule has 4 nitrogen and oxygen atoms in total. The molecule has 0 saturated carbocycles. The fraction of sp³-hybridized carbons (Fsp3) is 0.933. The number of likely N-dealkylation sites (tertiary alicyclic amines) is 1. The van der Waals surface area contributed by atoms with E-state index in [1.807, 2.05) is 11.9 Å². The highest BCUT2D eigenvalue weighted by atomic mass is 16.2. The van der Waals surface area contributed by atoms with Gasteiger partial charge in [-0.05, 0) is 59.7 Å². The number of piperidine rings is 1. The number of rotatable bonds is 5. The molecule has 19 heavy (non-hydrogen) atoms. The van der Waals surface area contributed by atoms with Crippen LogP contribution in [0.3, 0.4) is 0 Å². The van der Waals surface area contributed by atoms with E-state index in [1.165, 1.54) is 12.8 Å². The number of amides is 1. The van der Waals surface area contributed by atoms with Crippen molar-refractivity contribution in [3.63, 3.8) is 0 Å². The van der Waals surface area contributed by atoms with Gasteiger partial charge in [-0.15, -0.1) is 0 Å². The van der Waals surface area contributed by atoms with Crippen molar-refractivity contribution in [1.29, 1.82) is 0 Å². The Morgan fingerprint density at radius 2 is 1.89 bits per heavy atom. The molecule has 0 spiro atoms. The lowest BCUT2D eigenvalue weighted by atomic mass is 9.96. The minimum absolute atomic E-state index is 0.0901. The van der Waals surface area contributed by atoms with Crippen LogP contribution in [0.2, 0.25) is 0 Å². The molecular formula is C15H31N3O. The van der Waals surface area contributed by atoms with Gasteiger partial charge in [0.25, 0.3) is 0 Å². The van der Waals surface area contributed by atoms with Crippen molar-refractivity contribution in [3.8, 4) is 0 Å². The van der Waals surface area contributed by atoms with Crippen molar-refractivity contribution in [2.45, 2.75) is 45.6 Å². The van der Waals surface area contributed by atoms with Gasteiger partial charge in [0, 0.05) is 32.1 Å². The van der Waals surface area contributed by atoms with Crippen molar-refractivity contribution >= 4 is 5.91 Å². The smallest absolute Gasteiger partial charge is 0.223 e. The maximum Gasteiger partial charge on any atom is 0.223 e. The molecule has 0 aliphatic carbocycles. The molecule has 0 aromatic carbocycles. The predicted octanol–water partition coefficient (Wildman–Crippen LogP) is 1.56. The third-order valence-electron chi connectivity index (χ3n) is 3.79. The summed E-state index contributed by atoms with van der Waals surface area (Å²) >= 11 is 0. The Bertz CT molecular complexity index is 278. The summed E-state index contributed by atoms with van der Waals surface area (Å²) in [6, 6.07) is 0. The molecule has 1 heterocycles. The Labute approximate surface area is 118 Å². The van der Waals surface area contributed by atoms with Gasteiger partial charge in [0.2, 0.25) is 5.91 Å². The summed E-state index contributed by atoms with van der Waals surface area (Å²) in [6.45, 7) is 10.4. The first kappa shape index (κ1) is 16.4. The molecule has 0 unspecified atom stereocenters. The fourth-order valence-corrected chi connectivity index (χ4v) is 2.47. The second-order valence-corrected chi connectivity index (χ2v) is 6.95. The summed E-state index contributed by atoms with van der Waals surface area (Å²) in [5.74, 6) is 0.941. The molecule has 4 heteroatoms. The molecule has 0 aromatic rings. The Balaban J connectivity index is 2.21. The Morgan fingerprint density at radius 3 is 2.42 bits per heavy atom. The molecule has 1 aliphatic rings. The molecule has 1 saturated heterocycles. The molecule has 0 aromatic heterocycles. The van der Waals surface area contributed by atoms with Gasteiger partial charge in [-0.1, -0.05) is 0 Å². The quantitative estimate of drug-likeness (QED) is 0.823. The number of hydrogen-bond acceptors (Lipinski definition) is 3. The van der Waals surface area contributed by atoms with Crippen LogP contribution in [0.25, 0.3) is 0 Å².